The maximum absolute atomic E-state index is 4.50. The van der Waals surface area contributed by atoms with E-state index in [9.17, 15) is 0 Å². The minimum absolute atomic E-state index is 0.149. The van der Waals surface area contributed by atoms with E-state index < -0.39 is 0 Å². The molecule has 2 heterocycles. The van der Waals surface area contributed by atoms with Gasteiger partial charge in [-0.2, -0.15) is 12.6 Å². The van der Waals surface area contributed by atoms with Gasteiger partial charge in [0.1, 0.15) is 0 Å². The van der Waals surface area contributed by atoms with Crippen molar-refractivity contribution in [3.8, 4) is 0 Å². The maximum atomic E-state index is 4.50. The third kappa shape index (κ3) is 1.55. The zero-order valence-corrected chi connectivity index (χ0v) is 8.70. The van der Waals surface area contributed by atoms with Crippen LogP contribution in [0.15, 0.2) is 28.4 Å². The van der Waals surface area contributed by atoms with Crippen LogP contribution in [-0.2, 0) is 0 Å². The van der Waals surface area contributed by atoms with Crippen molar-refractivity contribution < 1.29 is 0 Å². The Morgan fingerprint density at radius 2 is 2.42 bits per heavy atom. The molecule has 0 bridgehead atoms. The average molecular weight is 213 g/mol. The van der Waals surface area contributed by atoms with Crippen molar-refractivity contribution >= 4 is 35.3 Å². The number of aromatic nitrogens is 1. The number of thiophene rings is 1. The monoisotopic (exact) mass is 213 g/mol. The fraction of sp³-hybridized carbons (Fsp3) is 0.125. The predicted molar refractivity (Wildman–Crippen MR) is 57.3 cm³/mol. The number of hydrogen-bond acceptors (Lipinski definition) is 4. The van der Waals surface area contributed by atoms with Gasteiger partial charge in [0.25, 0.3) is 0 Å². The number of hydrogen-bond donors (Lipinski definition) is 1. The van der Waals surface area contributed by atoms with E-state index in [0.717, 1.165) is 5.69 Å². The zero-order valence-electron chi connectivity index (χ0n) is 6.18. The van der Waals surface area contributed by atoms with Crippen LogP contribution in [0.2, 0.25) is 0 Å². The SMILES string of the molecule is SC(c1cscn1)c1cccs1. The third-order valence-corrected chi connectivity index (χ3v) is 3.80. The molecule has 0 fully saturated rings. The second-order valence-electron chi connectivity index (χ2n) is 2.33. The summed E-state index contributed by atoms with van der Waals surface area (Å²) in [7, 11) is 0. The molecular weight excluding hydrogens is 206 g/mol. The van der Waals surface area contributed by atoms with Crippen LogP contribution in [0.25, 0.3) is 0 Å². The molecule has 0 aromatic carbocycles. The molecule has 0 amide bonds. The molecule has 0 radical (unpaired) electrons. The summed E-state index contributed by atoms with van der Waals surface area (Å²) in [5.41, 5.74) is 2.89. The maximum Gasteiger partial charge on any atom is 0.0795 e. The molecule has 12 heavy (non-hydrogen) atoms. The molecular formula is C8H7NS3. The van der Waals surface area contributed by atoms with Gasteiger partial charge in [-0.15, -0.1) is 22.7 Å². The summed E-state index contributed by atoms with van der Waals surface area (Å²) in [4.78, 5) is 5.47. The van der Waals surface area contributed by atoms with Crippen molar-refractivity contribution in [2.24, 2.45) is 0 Å². The van der Waals surface area contributed by atoms with E-state index >= 15 is 0 Å². The highest BCUT2D eigenvalue weighted by molar-refractivity contribution is 7.81. The van der Waals surface area contributed by atoms with Gasteiger partial charge in [-0.25, -0.2) is 4.98 Å². The summed E-state index contributed by atoms with van der Waals surface area (Å²) in [6.45, 7) is 0. The zero-order chi connectivity index (χ0) is 8.39. The van der Waals surface area contributed by atoms with E-state index in [2.05, 4.69) is 29.1 Å². The number of rotatable bonds is 2. The van der Waals surface area contributed by atoms with Crippen molar-refractivity contribution in [2.75, 3.05) is 0 Å². The summed E-state index contributed by atoms with van der Waals surface area (Å²) < 4.78 is 0. The van der Waals surface area contributed by atoms with Crippen LogP contribution in [-0.4, -0.2) is 4.98 Å². The van der Waals surface area contributed by atoms with Gasteiger partial charge in [0, 0.05) is 10.3 Å². The molecule has 0 saturated heterocycles. The van der Waals surface area contributed by atoms with Crippen molar-refractivity contribution in [2.45, 2.75) is 5.25 Å². The summed E-state index contributed by atoms with van der Waals surface area (Å²) in [5, 5.41) is 4.25. The van der Waals surface area contributed by atoms with Crippen molar-refractivity contribution in [1.82, 2.24) is 4.98 Å². The highest BCUT2D eigenvalue weighted by Crippen LogP contribution is 2.30. The van der Waals surface area contributed by atoms with E-state index in [1.807, 2.05) is 17.0 Å². The van der Waals surface area contributed by atoms with Gasteiger partial charge in [-0.1, -0.05) is 6.07 Å². The Morgan fingerprint density at radius 3 is 3.00 bits per heavy atom. The van der Waals surface area contributed by atoms with Crippen molar-refractivity contribution in [3.63, 3.8) is 0 Å². The van der Waals surface area contributed by atoms with Crippen LogP contribution in [0, 0.1) is 0 Å². The van der Waals surface area contributed by atoms with Gasteiger partial charge in [0.2, 0.25) is 0 Å². The van der Waals surface area contributed by atoms with Gasteiger partial charge >= 0.3 is 0 Å². The van der Waals surface area contributed by atoms with Gasteiger partial charge in [-0.05, 0) is 11.4 Å². The van der Waals surface area contributed by atoms with Crippen LogP contribution in [0.3, 0.4) is 0 Å². The molecule has 0 aliphatic heterocycles. The molecule has 4 heteroatoms. The molecule has 62 valence electrons. The van der Waals surface area contributed by atoms with Crippen LogP contribution in [0.4, 0.5) is 0 Å². The summed E-state index contributed by atoms with van der Waals surface area (Å²) in [6.07, 6.45) is 0. The molecule has 2 aromatic rings. The standard InChI is InChI=1S/C8H7NS3/c10-8(6-4-11-5-9-6)7-2-1-3-12-7/h1-5,8,10H. The van der Waals surface area contributed by atoms with Crippen LogP contribution >= 0.6 is 35.3 Å². The molecule has 0 spiro atoms. The van der Waals surface area contributed by atoms with E-state index in [0.29, 0.717) is 0 Å². The molecule has 1 unspecified atom stereocenters. The first-order chi connectivity index (χ1) is 5.88. The molecule has 0 saturated carbocycles. The lowest BCUT2D eigenvalue weighted by molar-refractivity contribution is 1.11. The van der Waals surface area contributed by atoms with E-state index in [4.69, 9.17) is 0 Å². The first-order valence-electron chi connectivity index (χ1n) is 3.47. The smallest absolute Gasteiger partial charge is 0.0795 e. The lowest BCUT2D eigenvalue weighted by Crippen LogP contribution is -1.88. The van der Waals surface area contributed by atoms with Crippen LogP contribution in [0.1, 0.15) is 15.8 Å². The highest BCUT2D eigenvalue weighted by Gasteiger charge is 2.11. The minimum atomic E-state index is 0.149. The van der Waals surface area contributed by atoms with E-state index in [1.165, 1.54) is 4.88 Å². The van der Waals surface area contributed by atoms with Gasteiger partial charge in [0.15, 0.2) is 0 Å². The summed E-state index contributed by atoms with van der Waals surface area (Å²) >= 11 is 7.82. The van der Waals surface area contributed by atoms with E-state index in [1.54, 1.807) is 22.7 Å². The number of nitrogens with zero attached hydrogens (tertiary/aromatic N) is 1. The Kier molecular flexibility index (Phi) is 2.48. The quantitative estimate of drug-likeness (QED) is 0.756. The summed E-state index contributed by atoms with van der Waals surface area (Å²) in [6, 6.07) is 4.12. The lowest BCUT2D eigenvalue weighted by Gasteiger charge is -2.02. The fourth-order valence-corrected chi connectivity index (χ4v) is 2.76. The normalized spacial score (nSPS) is 13.1. The lowest BCUT2D eigenvalue weighted by atomic mass is 10.3. The molecule has 0 aliphatic rings. The first-order valence-corrected chi connectivity index (χ1v) is 5.81. The van der Waals surface area contributed by atoms with Crippen molar-refractivity contribution in [3.05, 3.63) is 39.0 Å². The molecule has 2 rings (SSSR count). The predicted octanol–water partition coefficient (Wildman–Crippen LogP) is 3.22. The number of thiazole rings is 1. The second-order valence-corrected chi connectivity index (χ2v) is 4.55. The Balaban J connectivity index is 2.27. The third-order valence-electron chi connectivity index (χ3n) is 1.54. The van der Waals surface area contributed by atoms with Crippen LogP contribution in [0.5, 0.6) is 0 Å². The Hall–Kier alpha value is -0.320. The summed E-state index contributed by atoms with van der Waals surface area (Å²) in [5.74, 6) is 0. The topological polar surface area (TPSA) is 12.9 Å². The minimum Gasteiger partial charge on any atom is -0.248 e. The molecule has 2 aromatic heterocycles. The van der Waals surface area contributed by atoms with Gasteiger partial charge in [0.05, 0.1) is 16.5 Å². The molecule has 1 atom stereocenters. The molecule has 0 aliphatic carbocycles. The van der Waals surface area contributed by atoms with Crippen molar-refractivity contribution in [1.29, 1.82) is 0 Å². The molecule has 1 nitrogen and oxygen atoms in total. The Morgan fingerprint density at radius 1 is 1.50 bits per heavy atom. The largest absolute Gasteiger partial charge is 0.248 e. The average Bonchev–Trinajstić information content (AvgIpc) is 2.77. The Labute approximate surface area is 84.5 Å². The van der Waals surface area contributed by atoms with E-state index in [-0.39, 0.29) is 5.25 Å². The molecule has 0 N–H and O–H groups in total. The second kappa shape index (κ2) is 3.60. The van der Waals surface area contributed by atoms with Gasteiger partial charge in [-0.3, -0.25) is 0 Å². The highest BCUT2D eigenvalue weighted by atomic mass is 32.1. The van der Waals surface area contributed by atoms with Crippen LogP contribution < -0.4 is 0 Å². The van der Waals surface area contributed by atoms with Gasteiger partial charge < -0.3 is 0 Å². The Bertz CT molecular complexity index is 291. The fourth-order valence-electron chi connectivity index (χ4n) is 0.950. The first kappa shape index (κ1) is 8.29. The number of thiol groups is 1.